The topological polar surface area (TPSA) is 1000 Å². The van der Waals surface area contributed by atoms with Gasteiger partial charge in [0.15, 0.2) is 24.8 Å². The van der Waals surface area contributed by atoms with Gasteiger partial charge in [-0.05, 0) is 55.0 Å². The summed E-state index contributed by atoms with van der Waals surface area (Å²) < 4.78 is 568. The Hall–Kier alpha value is -3.98. The van der Waals surface area contributed by atoms with Crippen molar-refractivity contribution in [1.29, 1.82) is 0 Å². The predicted octanol–water partition coefficient (Wildman–Crippen LogP) is -7.55. The smallest absolute Gasteiger partial charge is 0.356 e. The van der Waals surface area contributed by atoms with Gasteiger partial charge >= 0.3 is 146 Å². The van der Waals surface area contributed by atoms with Crippen molar-refractivity contribution in [3.05, 3.63) is 48.5 Å². The van der Waals surface area contributed by atoms with Crippen molar-refractivity contribution >= 4 is 192 Å². The Kier molecular flexibility index (Phi) is 36.5. The average molecular weight is 2120 g/mol. The first-order chi connectivity index (χ1) is 55.4. The van der Waals surface area contributed by atoms with Crippen molar-refractivity contribution < 1.29 is 278 Å². The molecule has 66 nitrogen and oxygen atoms in total. The second-order valence-corrected chi connectivity index (χ2v) is 40.5. The lowest BCUT2D eigenvalue weighted by atomic mass is 9.97. The second-order valence-electron chi connectivity index (χ2n) is 23.3. The molecule has 4 aliphatic heterocycles. The van der Waals surface area contributed by atoms with Crippen molar-refractivity contribution in [2.75, 3.05) is 37.1 Å². The molecule has 0 aromatic heterocycles. The predicted molar refractivity (Wildman–Crippen MR) is 374 cm³/mol. The lowest BCUT2D eigenvalue weighted by Gasteiger charge is -2.48. The molecular weight excluding hydrogens is 2060 g/mol. The molecule has 2 aromatic rings. The maximum absolute atomic E-state index is 13.2. The van der Waals surface area contributed by atoms with Crippen LogP contribution < -0.4 is 10.6 Å². The highest BCUT2D eigenvalue weighted by Gasteiger charge is 2.62. The van der Waals surface area contributed by atoms with E-state index in [1.54, 1.807) is 0 Å². The summed E-state index contributed by atoms with van der Waals surface area (Å²) in [6.45, 7) is -7.63. The summed E-state index contributed by atoms with van der Waals surface area (Å²) in [5, 5.41) is 4.71. The monoisotopic (exact) mass is 2110 g/mol. The van der Waals surface area contributed by atoms with E-state index in [2.05, 4.69) is 69.2 Å². The molecule has 0 unspecified atom stereocenters. The van der Waals surface area contributed by atoms with Crippen LogP contribution in [0.4, 0.5) is 11.4 Å². The number of carbonyl (C=O) groups excluding carboxylic acids is 2. The van der Waals surface area contributed by atoms with E-state index in [9.17, 15) is 191 Å². The third-order valence-corrected chi connectivity index (χ3v) is 23.1. The minimum absolute atomic E-state index is 0.104. The van der Waals surface area contributed by atoms with Crippen LogP contribution in [0.1, 0.15) is 19.3 Å². The maximum Gasteiger partial charge on any atom is 0.397 e. The summed E-state index contributed by atoms with van der Waals surface area (Å²) in [5.41, 5.74) is -5.21. The number of ether oxygens (including phenoxy) is 6. The lowest BCUT2D eigenvalue weighted by Crippen LogP contribution is -2.66. The SMILES string of the molecule is O=C(CCCC(=O)Nc1ccc(S[C@@H]2O[C@H](COS(=O)(=O)O)[C@@H](O[C@@H]3O[C@H](COS(=O)(=O)O)[C@@H](OS(=O)(=O)O)[C@H](OS(=O)(=O)O)[C@H]3OS(=O)(=O)O)[C@H](OS(=O)(=O)O)[C@H]2OS(=O)(=O)O)cc1)Nc1ccc(S[C@@H]2O[C@H](COS(=O)(=O)O)[C@@H](O[C@@H]3O[C@H](COS(=O)(=O)O)[C@@H](OS(=O)(=O)O)[C@H](OS(=O)(=O)O)[C@H]3OS(=O)(=O)O)[C@H](OS(=O)(=O)O)[C@H]2OS(=O)(=O)O)cc1. The third-order valence-electron chi connectivity index (χ3n) is 14.4. The van der Waals surface area contributed by atoms with Crippen LogP contribution in [-0.2, 0) is 242 Å². The molecule has 712 valence electrons. The van der Waals surface area contributed by atoms with Gasteiger partial charge in [0, 0.05) is 34.0 Å². The number of nitrogens with one attached hydrogen (secondary N) is 2. The Bertz CT molecular complexity index is 5430. The average Bonchev–Trinajstić information content (AvgIpc) is 0.548. The maximum atomic E-state index is 13.2. The Morgan fingerprint density at radius 1 is 0.268 bits per heavy atom. The van der Waals surface area contributed by atoms with E-state index >= 15 is 0 Å². The summed E-state index contributed by atoms with van der Waals surface area (Å²) in [7, 11) is -85.4. The fourth-order valence-corrected chi connectivity index (χ4v) is 19.1. The summed E-state index contributed by atoms with van der Waals surface area (Å²) in [6, 6.07) is 8.03. The van der Waals surface area contributed by atoms with Crippen LogP contribution >= 0.6 is 23.5 Å². The number of anilines is 2. The molecule has 0 radical (unpaired) electrons. The van der Waals surface area contributed by atoms with Crippen LogP contribution in [-0.4, -0.2) is 341 Å². The van der Waals surface area contributed by atoms with E-state index in [0.29, 0.717) is 0 Å². The largest absolute Gasteiger partial charge is 0.397 e. The quantitative estimate of drug-likeness (QED) is 0.0274. The minimum atomic E-state index is -6.29. The molecule has 0 bridgehead atoms. The Balaban J connectivity index is 1.23. The molecule has 0 spiro atoms. The molecule has 4 fully saturated rings. The van der Waals surface area contributed by atoms with E-state index in [-0.39, 0.29) is 51.1 Å². The number of hydrogen-bond donors (Lipinski definition) is 16. The second kappa shape index (κ2) is 41.6. The third kappa shape index (κ3) is 39.7. The van der Waals surface area contributed by atoms with Crippen LogP contribution in [0.15, 0.2) is 58.3 Å². The summed E-state index contributed by atoms with van der Waals surface area (Å²) in [6.07, 6.45) is -58.1. The van der Waals surface area contributed by atoms with E-state index in [1.807, 2.05) is 0 Å². The van der Waals surface area contributed by atoms with Gasteiger partial charge in [-0.1, -0.05) is 23.5 Å². The molecule has 2 aromatic carbocycles. The van der Waals surface area contributed by atoms with Gasteiger partial charge in [-0.3, -0.25) is 73.3 Å². The van der Waals surface area contributed by atoms with Gasteiger partial charge in [0.05, 0.1) is 26.4 Å². The lowest BCUT2D eigenvalue weighted by molar-refractivity contribution is -0.325. The Morgan fingerprint density at radius 3 is 0.699 bits per heavy atom. The summed E-state index contributed by atoms with van der Waals surface area (Å²) >= 11 is 0.207. The highest BCUT2D eigenvalue weighted by molar-refractivity contribution is 8.00. The Labute approximate surface area is 701 Å². The van der Waals surface area contributed by atoms with Gasteiger partial charge in [-0.2, -0.15) is 118 Å². The summed E-state index contributed by atoms with van der Waals surface area (Å²) in [4.78, 5) is 25.7. The van der Waals surface area contributed by atoms with Gasteiger partial charge in [0.1, 0.15) is 96.3 Å². The fraction of sp³-hybridized carbons (Fsp3) is 0.659. The van der Waals surface area contributed by atoms with Crippen LogP contribution in [0.5, 0.6) is 0 Å². The molecule has 0 saturated carbocycles. The minimum Gasteiger partial charge on any atom is -0.356 e. The first-order valence-corrected chi connectivity index (χ1v) is 51.4. The molecule has 20 atom stereocenters. The zero-order chi connectivity index (χ0) is 93.6. The van der Waals surface area contributed by atoms with Gasteiger partial charge in [0.2, 0.25) is 11.8 Å². The number of amides is 2. The van der Waals surface area contributed by atoms with Crippen LogP contribution in [0, 0.1) is 0 Å². The molecule has 4 heterocycles. The first-order valence-electron chi connectivity index (χ1n) is 30.5. The molecule has 123 heavy (non-hydrogen) atoms. The van der Waals surface area contributed by atoms with Crippen molar-refractivity contribution in [1.82, 2.24) is 0 Å². The van der Waals surface area contributed by atoms with E-state index < -0.39 is 318 Å². The highest BCUT2D eigenvalue weighted by Crippen LogP contribution is 2.44. The number of hydrogen-bond acceptors (Lipinski definition) is 52. The zero-order valence-electron chi connectivity index (χ0n) is 58.3. The summed E-state index contributed by atoms with van der Waals surface area (Å²) in [5.74, 6) is -1.79. The first kappa shape index (κ1) is 108. The molecule has 82 heteroatoms. The number of thioether (sulfide) groups is 2. The van der Waals surface area contributed by atoms with Crippen LogP contribution in [0.3, 0.4) is 0 Å². The molecule has 2 amide bonds. The van der Waals surface area contributed by atoms with Crippen molar-refractivity contribution in [2.24, 2.45) is 0 Å². The zero-order valence-corrected chi connectivity index (χ0v) is 71.4. The van der Waals surface area contributed by atoms with Gasteiger partial charge in [-0.25, -0.2) is 58.6 Å². The normalized spacial score (nSPS) is 28.6. The number of rotatable bonds is 46. The van der Waals surface area contributed by atoms with E-state index in [0.717, 1.165) is 48.5 Å². The standard InChI is InChI=1S/C41H58N2O64S16/c44-24(42-16-4-8-18(9-5-16)108-40-36(106-122(82,83)84)30(100-116(64,65)66)26(20(94-40)12-88-110(46,47)48)96-38-34(104-120(76,77)78)32(102-118(70,71)72)28(98-114(58,59)60)22(92-38)14-90-112(52,53)54)2-1-3-25(45)43-17-6-10-19(11-7-17)109-41-37(107-123(85,86)87)31(101-117(67,68)69)27(21(95-41)13-89-111(49,50)51)97-39-35(105-121(79,80)81)33(103-119(73,74)75)29(99-115(61,62)63)23(93-39)15-91-113(55,56)57/h4-11,20-23,26-41H,1-3,12-15H2,(H,42,44)(H,43,45)(H,46,47,48)(H,49,50,51)(H,52,53,54)(H,55,56,57)(H,58,59,60)(H,61,62,63)(H,64,65,66)(H,67,68,69)(H,70,71,72)(H,73,74,75)(H,76,77,78)(H,79,80,81)(H,82,83,84)(H,85,86,87)/t20-,21-,22-,23-,26-,27-,28-,29-,30+,31+,32+,33+,34-,35-,36-,37-,38+,39+,40+,41+/m1/s1. The molecule has 0 aliphatic carbocycles. The molecule has 6 rings (SSSR count). The van der Waals surface area contributed by atoms with Crippen molar-refractivity contribution in [3.63, 3.8) is 0 Å². The molecule has 4 aliphatic rings. The van der Waals surface area contributed by atoms with Crippen molar-refractivity contribution in [3.8, 4) is 0 Å². The van der Waals surface area contributed by atoms with Crippen LogP contribution in [0.2, 0.25) is 0 Å². The fourth-order valence-electron chi connectivity index (χ4n) is 10.6. The number of benzene rings is 2. The number of carbonyl (C=O) groups is 2. The van der Waals surface area contributed by atoms with Gasteiger partial charge < -0.3 is 39.1 Å². The molecule has 4 saturated heterocycles. The van der Waals surface area contributed by atoms with Crippen LogP contribution in [0.25, 0.3) is 0 Å². The molecular formula is C41H58N2O64S16. The Morgan fingerprint density at radius 2 is 0.472 bits per heavy atom. The van der Waals surface area contributed by atoms with Gasteiger partial charge in [0.25, 0.3) is 0 Å². The van der Waals surface area contributed by atoms with E-state index in [1.165, 1.54) is 0 Å². The van der Waals surface area contributed by atoms with E-state index in [4.69, 9.17) is 28.4 Å². The van der Waals surface area contributed by atoms with Gasteiger partial charge in [-0.15, -0.1) is 0 Å². The van der Waals surface area contributed by atoms with Crippen molar-refractivity contribution in [2.45, 2.75) is 150 Å². The highest BCUT2D eigenvalue weighted by atomic mass is 32.3. The molecule has 16 N–H and O–H groups in total.